The quantitative estimate of drug-likeness (QED) is 0.792. The molecule has 0 aliphatic carbocycles. The van der Waals surface area contributed by atoms with E-state index in [-0.39, 0.29) is 11.9 Å². The third-order valence-corrected chi connectivity index (χ3v) is 4.95. The number of carbonyl (C=O) groups is 2. The molecule has 6 heteroatoms. The van der Waals surface area contributed by atoms with Gasteiger partial charge in [-0.1, -0.05) is 6.07 Å². The molecule has 1 aromatic rings. The van der Waals surface area contributed by atoms with Crippen LogP contribution in [0, 0.1) is 0 Å². The monoisotopic (exact) mass is 285 g/mol. The van der Waals surface area contributed by atoms with Gasteiger partial charge in [-0.25, -0.2) is 0 Å². The van der Waals surface area contributed by atoms with Crippen molar-refractivity contribution in [1.29, 1.82) is 0 Å². The molecule has 0 unspecified atom stereocenters. The normalized spacial score (nSPS) is 18.9. The SMILES string of the molecule is COC(=O)CS[C@@H]1CCN(C(=O)c2cccs2)C1. The second-order valence-corrected chi connectivity index (χ2v) is 6.26. The summed E-state index contributed by atoms with van der Waals surface area (Å²) < 4.78 is 4.60. The zero-order chi connectivity index (χ0) is 13.0. The van der Waals surface area contributed by atoms with Crippen molar-refractivity contribution in [2.45, 2.75) is 11.7 Å². The molecule has 18 heavy (non-hydrogen) atoms. The number of hydrogen-bond donors (Lipinski definition) is 0. The minimum atomic E-state index is -0.206. The maximum atomic E-state index is 12.1. The fourth-order valence-corrected chi connectivity index (χ4v) is 3.59. The van der Waals surface area contributed by atoms with E-state index < -0.39 is 0 Å². The highest BCUT2D eigenvalue weighted by Gasteiger charge is 2.28. The molecular weight excluding hydrogens is 270 g/mol. The van der Waals surface area contributed by atoms with Crippen LogP contribution in [-0.2, 0) is 9.53 Å². The first-order valence-electron chi connectivity index (χ1n) is 5.72. The van der Waals surface area contributed by atoms with Gasteiger partial charge in [0.25, 0.3) is 5.91 Å². The maximum Gasteiger partial charge on any atom is 0.315 e. The molecule has 1 saturated heterocycles. The first kappa shape index (κ1) is 13.4. The van der Waals surface area contributed by atoms with E-state index in [0.717, 1.165) is 24.4 Å². The fourth-order valence-electron chi connectivity index (χ4n) is 1.85. The number of nitrogens with zero attached hydrogens (tertiary/aromatic N) is 1. The summed E-state index contributed by atoms with van der Waals surface area (Å²) in [7, 11) is 1.39. The van der Waals surface area contributed by atoms with E-state index in [1.165, 1.54) is 18.4 Å². The molecule has 0 aromatic carbocycles. The zero-order valence-electron chi connectivity index (χ0n) is 10.1. The summed E-state index contributed by atoms with van der Waals surface area (Å²) in [4.78, 5) is 25.8. The number of rotatable bonds is 4. The minimum Gasteiger partial charge on any atom is -0.468 e. The lowest BCUT2D eigenvalue weighted by molar-refractivity contribution is -0.137. The van der Waals surface area contributed by atoms with Crippen molar-refractivity contribution in [1.82, 2.24) is 4.90 Å². The van der Waals surface area contributed by atoms with Gasteiger partial charge in [0.15, 0.2) is 0 Å². The highest BCUT2D eigenvalue weighted by atomic mass is 32.2. The Hall–Kier alpha value is -1.01. The van der Waals surface area contributed by atoms with Gasteiger partial charge in [0.1, 0.15) is 0 Å². The van der Waals surface area contributed by atoms with E-state index in [4.69, 9.17) is 0 Å². The molecule has 0 radical (unpaired) electrons. The summed E-state index contributed by atoms with van der Waals surface area (Å²) in [6.07, 6.45) is 0.943. The lowest BCUT2D eigenvalue weighted by Crippen LogP contribution is -2.28. The van der Waals surface area contributed by atoms with Gasteiger partial charge in [0, 0.05) is 18.3 Å². The first-order chi connectivity index (χ1) is 8.70. The molecule has 0 bridgehead atoms. The van der Waals surface area contributed by atoms with Crippen LogP contribution in [0.15, 0.2) is 17.5 Å². The van der Waals surface area contributed by atoms with Crippen molar-refractivity contribution < 1.29 is 14.3 Å². The molecule has 1 aliphatic rings. The third-order valence-electron chi connectivity index (χ3n) is 2.83. The summed E-state index contributed by atoms with van der Waals surface area (Å²) in [5.74, 6) is 0.261. The van der Waals surface area contributed by atoms with E-state index in [9.17, 15) is 9.59 Å². The summed E-state index contributed by atoms with van der Waals surface area (Å²) in [6, 6.07) is 3.74. The van der Waals surface area contributed by atoms with Crippen molar-refractivity contribution >= 4 is 35.0 Å². The molecule has 1 aromatic heterocycles. The lowest BCUT2D eigenvalue weighted by atomic mass is 10.4. The van der Waals surface area contributed by atoms with Crippen molar-refractivity contribution in [3.8, 4) is 0 Å². The Morgan fingerprint density at radius 2 is 2.44 bits per heavy atom. The van der Waals surface area contributed by atoms with Crippen molar-refractivity contribution in [2.24, 2.45) is 0 Å². The van der Waals surface area contributed by atoms with Crippen LogP contribution < -0.4 is 0 Å². The molecule has 1 amide bonds. The van der Waals surface area contributed by atoms with Gasteiger partial charge in [0.2, 0.25) is 0 Å². The standard InChI is InChI=1S/C12H15NO3S2/c1-16-11(14)8-18-9-4-5-13(7-9)12(15)10-3-2-6-17-10/h2-3,6,9H,4-5,7-8H2,1H3/t9-/m1/s1. The average molecular weight is 285 g/mol. The number of esters is 1. The summed E-state index contributed by atoms with van der Waals surface area (Å²) in [5, 5.41) is 2.25. The van der Waals surface area contributed by atoms with Crippen LogP contribution in [0.2, 0.25) is 0 Å². The van der Waals surface area contributed by atoms with Crippen LogP contribution in [0.4, 0.5) is 0 Å². The number of hydrogen-bond acceptors (Lipinski definition) is 5. The van der Waals surface area contributed by atoms with Gasteiger partial charge in [-0.15, -0.1) is 23.1 Å². The van der Waals surface area contributed by atoms with Crippen LogP contribution in [0.1, 0.15) is 16.1 Å². The minimum absolute atomic E-state index is 0.103. The molecule has 2 rings (SSSR count). The van der Waals surface area contributed by atoms with Crippen LogP contribution >= 0.6 is 23.1 Å². The maximum absolute atomic E-state index is 12.1. The molecule has 0 N–H and O–H groups in total. The van der Waals surface area contributed by atoms with Crippen molar-refractivity contribution in [3.05, 3.63) is 22.4 Å². The highest BCUT2D eigenvalue weighted by molar-refractivity contribution is 8.00. The number of thioether (sulfide) groups is 1. The zero-order valence-corrected chi connectivity index (χ0v) is 11.8. The van der Waals surface area contributed by atoms with Gasteiger partial charge in [-0.05, 0) is 17.9 Å². The molecule has 1 fully saturated rings. The number of thiophene rings is 1. The van der Waals surface area contributed by atoms with Crippen molar-refractivity contribution in [2.75, 3.05) is 26.0 Å². The van der Waals surface area contributed by atoms with E-state index in [2.05, 4.69) is 4.74 Å². The van der Waals surface area contributed by atoms with E-state index in [0.29, 0.717) is 11.0 Å². The predicted octanol–water partition coefficient (Wildman–Crippen LogP) is 1.87. The molecule has 98 valence electrons. The van der Waals surface area contributed by atoms with Gasteiger partial charge < -0.3 is 9.64 Å². The van der Waals surface area contributed by atoms with Crippen LogP contribution in [0.25, 0.3) is 0 Å². The Morgan fingerprint density at radius 1 is 1.61 bits per heavy atom. The molecule has 2 heterocycles. The highest BCUT2D eigenvalue weighted by Crippen LogP contribution is 2.24. The molecule has 0 saturated carbocycles. The van der Waals surface area contributed by atoms with Crippen LogP contribution in [0.3, 0.4) is 0 Å². The van der Waals surface area contributed by atoms with Gasteiger partial charge in [-0.3, -0.25) is 9.59 Å². The number of amides is 1. The first-order valence-corrected chi connectivity index (χ1v) is 7.64. The Bertz CT molecular complexity index is 419. The molecule has 4 nitrogen and oxygen atoms in total. The topological polar surface area (TPSA) is 46.6 Å². The molecule has 0 spiro atoms. The number of methoxy groups -OCH3 is 1. The van der Waals surface area contributed by atoms with Gasteiger partial charge in [-0.2, -0.15) is 0 Å². The third kappa shape index (κ3) is 3.26. The molecule has 1 aliphatic heterocycles. The average Bonchev–Trinajstić information content (AvgIpc) is 3.05. The van der Waals surface area contributed by atoms with Crippen LogP contribution in [-0.4, -0.2) is 48.0 Å². The second kappa shape index (κ2) is 6.24. The fraction of sp³-hybridized carbons (Fsp3) is 0.500. The Balaban J connectivity index is 1.81. The summed E-state index contributed by atoms with van der Waals surface area (Å²) in [6.45, 7) is 1.49. The Kier molecular flexibility index (Phi) is 4.66. The number of carbonyl (C=O) groups excluding carboxylic acids is 2. The summed E-state index contributed by atoms with van der Waals surface area (Å²) in [5.41, 5.74) is 0. The number of ether oxygens (including phenoxy) is 1. The van der Waals surface area contributed by atoms with Crippen molar-refractivity contribution in [3.63, 3.8) is 0 Å². The summed E-state index contributed by atoms with van der Waals surface area (Å²) >= 11 is 3.04. The largest absolute Gasteiger partial charge is 0.468 e. The predicted molar refractivity (Wildman–Crippen MR) is 73.1 cm³/mol. The number of likely N-dealkylation sites (tertiary alicyclic amines) is 1. The lowest BCUT2D eigenvalue weighted by Gasteiger charge is -2.15. The molecular formula is C12H15NO3S2. The Labute approximate surface area is 114 Å². The van der Waals surface area contributed by atoms with Gasteiger partial charge in [0.05, 0.1) is 17.7 Å². The van der Waals surface area contributed by atoms with E-state index in [1.807, 2.05) is 22.4 Å². The van der Waals surface area contributed by atoms with E-state index in [1.54, 1.807) is 11.8 Å². The Morgan fingerprint density at radius 3 is 3.11 bits per heavy atom. The van der Waals surface area contributed by atoms with Crippen LogP contribution in [0.5, 0.6) is 0 Å². The van der Waals surface area contributed by atoms with Gasteiger partial charge >= 0.3 is 5.97 Å². The molecule has 1 atom stereocenters. The van der Waals surface area contributed by atoms with E-state index >= 15 is 0 Å². The smallest absolute Gasteiger partial charge is 0.315 e. The second-order valence-electron chi connectivity index (χ2n) is 4.03.